The van der Waals surface area contributed by atoms with E-state index in [9.17, 15) is 9.59 Å². The van der Waals surface area contributed by atoms with Crippen molar-refractivity contribution in [1.82, 2.24) is 19.4 Å². The molecule has 2 atom stereocenters. The first kappa shape index (κ1) is 33.0. The van der Waals surface area contributed by atoms with E-state index in [1.54, 1.807) is 36.0 Å². The van der Waals surface area contributed by atoms with Gasteiger partial charge in [0.15, 0.2) is 11.6 Å². The van der Waals surface area contributed by atoms with E-state index in [-0.39, 0.29) is 74.5 Å². The highest BCUT2D eigenvalue weighted by molar-refractivity contribution is 6.40. The number of piperazine rings is 1. The summed E-state index contributed by atoms with van der Waals surface area (Å²) in [5.41, 5.74) is 6.02. The quantitative estimate of drug-likeness (QED) is 0.143. The molecular formula is C33H32Cl3F2N7O2. The monoisotopic (exact) mass is 701 g/mol. The number of amides is 1. The number of nitrogens with zero attached hydrogens (tertiary/aromatic N) is 6. The van der Waals surface area contributed by atoms with Gasteiger partial charge in [0.1, 0.15) is 11.3 Å². The van der Waals surface area contributed by atoms with Crippen LogP contribution in [0.3, 0.4) is 0 Å². The van der Waals surface area contributed by atoms with E-state index >= 15 is 8.78 Å². The summed E-state index contributed by atoms with van der Waals surface area (Å²) in [7, 11) is 1.75. The minimum atomic E-state index is -1.02. The molecule has 4 heterocycles. The van der Waals surface area contributed by atoms with Crippen molar-refractivity contribution in [3.63, 3.8) is 0 Å². The number of carbonyl (C=O) groups is 1. The lowest BCUT2D eigenvalue weighted by molar-refractivity contribution is -0.128. The third-order valence-electron chi connectivity index (χ3n) is 8.99. The Bertz CT molecular complexity index is 2040. The molecule has 1 fully saturated rings. The van der Waals surface area contributed by atoms with Gasteiger partial charge in [-0.15, -0.1) is 0 Å². The lowest BCUT2D eigenvalue weighted by Gasteiger charge is -2.45. The topological polar surface area (TPSA) is 101 Å². The lowest BCUT2D eigenvalue weighted by Crippen LogP contribution is -2.61. The summed E-state index contributed by atoms with van der Waals surface area (Å²) in [5, 5.41) is -0.419. The van der Waals surface area contributed by atoms with Crippen LogP contribution in [-0.2, 0) is 4.79 Å². The second kappa shape index (κ2) is 11.9. The van der Waals surface area contributed by atoms with Gasteiger partial charge in [0.25, 0.3) is 0 Å². The number of halogens is 5. The number of hydrogen-bond donors (Lipinski definition) is 1. The maximum absolute atomic E-state index is 17.6. The van der Waals surface area contributed by atoms with Crippen molar-refractivity contribution in [2.75, 3.05) is 42.2 Å². The highest BCUT2D eigenvalue weighted by Gasteiger charge is 2.41. The molecule has 1 amide bonds. The van der Waals surface area contributed by atoms with Gasteiger partial charge in [-0.2, -0.15) is 4.98 Å². The van der Waals surface area contributed by atoms with Crippen LogP contribution >= 0.6 is 34.8 Å². The highest BCUT2D eigenvalue weighted by atomic mass is 35.5. The number of aryl methyl sites for hydroxylation is 1. The predicted molar refractivity (Wildman–Crippen MR) is 185 cm³/mol. The van der Waals surface area contributed by atoms with Gasteiger partial charge in [0.2, 0.25) is 5.91 Å². The highest BCUT2D eigenvalue weighted by Crippen LogP contribution is 2.51. The molecule has 1 saturated heterocycles. The number of hydrogen-bond acceptors (Lipinski definition) is 7. The number of nitrogens with two attached hydrogens (primary N) is 1. The van der Waals surface area contributed by atoms with Crippen LogP contribution in [-0.4, -0.2) is 64.1 Å². The van der Waals surface area contributed by atoms with E-state index in [4.69, 9.17) is 40.5 Å². The summed E-state index contributed by atoms with van der Waals surface area (Å²) in [6, 6.07) is 2.18. The van der Waals surface area contributed by atoms with E-state index in [1.165, 1.54) is 10.6 Å². The second-order valence-electron chi connectivity index (χ2n) is 12.3. The van der Waals surface area contributed by atoms with Gasteiger partial charge < -0.3 is 20.4 Å². The molecule has 246 valence electrons. The van der Waals surface area contributed by atoms with Crippen LogP contribution in [0.15, 0.2) is 35.8 Å². The van der Waals surface area contributed by atoms with E-state index in [0.29, 0.717) is 29.2 Å². The number of nitrogen functional groups attached to an aromatic ring is 1. The molecule has 2 unspecified atom stereocenters. The fourth-order valence-corrected chi connectivity index (χ4v) is 7.68. The van der Waals surface area contributed by atoms with Crippen LogP contribution in [0.25, 0.3) is 27.7 Å². The van der Waals surface area contributed by atoms with Crippen LogP contribution in [0.5, 0.6) is 0 Å². The van der Waals surface area contributed by atoms with Crippen molar-refractivity contribution in [3.8, 4) is 16.8 Å². The molecule has 0 spiro atoms. The average Bonchev–Trinajstić information content (AvgIpc) is 3.13. The zero-order valence-corrected chi connectivity index (χ0v) is 28.6. The van der Waals surface area contributed by atoms with Crippen molar-refractivity contribution in [2.24, 2.45) is 0 Å². The van der Waals surface area contributed by atoms with E-state index in [2.05, 4.69) is 16.5 Å². The third-order valence-corrected chi connectivity index (χ3v) is 9.95. The smallest absolute Gasteiger partial charge is 0.354 e. The fraction of sp³-hybridized carbons (Fsp3) is 0.333. The molecule has 0 saturated carbocycles. The fourth-order valence-electron chi connectivity index (χ4n) is 6.80. The number of fused-ring (bicyclic) bond motifs is 2. The molecule has 0 bridgehead atoms. The van der Waals surface area contributed by atoms with Crippen LogP contribution < -0.4 is 21.2 Å². The molecule has 4 aromatic rings. The standard InChI is InChI=1S/C33H32Cl3F2N7O2/c1-7-20(46)43-13-17-12-42(6)30-23-31(26(38)21(24(30)36)22-25(37)18(34)10-19(35)27(22)39)45(29-15(4)8-9-40-28(29)14(2)3)33(47)41-32(23)44(17)11-16(43)5/h7-10,14,16-17H,1,11-13,39H2,2-6H3. The summed E-state index contributed by atoms with van der Waals surface area (Å²) < 4.78 is 34.7. The second-order valence-corrected chi connectivity index (χ2v) is 13.5. The summed E-state index contributed by atoms with van der Waals surface area (Å²) in [6.45, 7) is 12.0. The summed E-state index contributed by atoms with van der Waals surface area (Å²) in [4.78, 5) is 41.7. The zero-order valence-electron chi connectivity index (χ0n) is 26.3. The first-order valence-corrected chi connectivity index (χ1v) is 16.1. The SMILES string of the molecule is C=CC(=O)N1CC2CN(C)c3c(Cl)c(-c4c(N)c(Cl)cc(Cl)c4F)c(F)c4c3c(nc(=O)n4-c3c(C)ccnc3C(C)C)N2CC1C. The summed E-state index contributed by atoms with van der Waals surface area (Å²) in [6.07, 6.45) is 2.88. The molecule has 2 aromatic heterocycles. The minimum Gasteiger partial charge on any atom is -0.397 e. The lowest BCUT2D eigenvalue weighted by atomic mass is 9.97. The van der Waals surface area contributed by atoms with Crippen LogP contribution in [0, 0.1) is 18.6 Å². The number of pyridine rings is 1. The number of rotatable bonds is 4. The molecule has 0 radical (unpaired) electrons. The average molecular weight is 703 g/mol. The maximum atomic E-state index is 17.6. The largest absolute Gasteiger partial charge is 0.397 e. The first-order valence-electron chi connectivity index (χ1n) is 15.0. The number of likely N-dealkylation sites (N-methyl/N-ethyl adjacent to an activating group) is 1. The van der Waals surface area contributed by atoms with E-state index in [1.807, 2.05) is 25.7 Å². The summed E-state index contributed by atoms with van der Waals surface area (Å²) >= 11 is 19.6. The van der Waals surface area contributed by atoms with Crippen LogP contribution in [0.4, 0.5) is 26.0 Å². The molecule has 0 aliphatic carbocycles. The molecule has 6 rings (SSSR count). The molecule has 14 heteroatoms. The summed E-state index contributed by atoms with van der Waals surface area (Å²) in [5.74, 6) is -2.25. The Hall–Kier alpha value is -3.93. The molecule has 47 heavy (non-hydrogen) atoms. The van der Waals surface area contributed by atoms with E-state index < -0.39 is 28.5 Å². The Labute approximate surface area is 285 Å². The molecular weight excluding hydrogens is 671 g/mol. The van der Waals surface area contributed by atoms with Gasteiger partial charge in [-0.25, -0.2) is 13.6 Å². The van der Waals surface area contributed by atoms with Gasteiger partial charge in [-0.05, 0) is 43.5 Å². The van der Waals surface area contributed by atoms with Crippen molar-refractivity contribution >= 4 is 68.8 Å². The van der Waals surface area contributed by atoms with Gasteiger partial charge in [0, 0.05) is 50.0 Å². The predicted octanol–water partition coefficient (Wildman–Crippen LogP) is 6.74. The van der Waals surface area contributed by atoms with E-state index in [0.717, 1.165) is 6.07 Å². The molecule has 2 aliphatic heterocycles. The van der Waals surface area contributed by atoms with Crippen molar-refractivity contribution in [1.29, 1.82) is 0 Å². The zero-order chi connectivity index (χ0) is 34.2. The molecule has 2 N–H and O–H groups in total. The number of anilines is 3. The molecule has 2 aliphatic rings. The van der Waals surface area contributed by atoms with Crippen molar-refractivity contribution in [3.05, 3.63) is 79.4 Å². The Morgan fingerprint density at radius 2 is 1.81 bits per heavy atom. The van der Waals surface area contributed by atoms with Crippen molar-refractivity contribution < 1.29 is 13.6 Å². The van der Waals surface area contributed by atoms with Crippen molar-refractivity contribution in [2.45, 2.75) is 45.7 Å². The number of aromatic nitrogens is 3. The number of carbonyl (C=O) groups excluding carboxylic acids is 1. The minimum absolute atomic E-state index is 0.0997. The van der Waals surface area contributed by atoms with Gasteiger partial charge in [-0.1, -0.05) is 55.2 Å². The van der Waals surface area contributed by atoms with Gasteiger partial charge in [0.05, 0.1) is 49.3 Å². The van der Waals surface area contributed by atoms with Gasteiger partial charge in [-0.3, -0.25) is 14.3 Å². The molecule has 2 aromatic carbocycles. The Balaban J connectivity index is 1.82. The molecule has 9 nitrogen and oxygen atoms in total. The third kappa shape index (κ3) is 5.01. The van der Waals surface area contributed by atoms with Crippen LogP contribution in [0.1, 0.15) is 37.9 Å². The Morgan fingerprint density at radius 3 is 2.47 bits per heavy atom. The normalized spacial score (nSPS) is 17.7. The maximum Gasteiger partial charge on any atom is 0.354 e. The first-order chi connectivity index (χ1) is 22.2. The Kier molecular flexibility index (Phi) is 8.39. The Morgan fingerprint density at radius 1 is 1.11 bits per heavy atom. The van der Waals surface area contributed by atoms with Crippen LogP contribution in [0.2, 0.25) is 15.1 Å². The van der Waals surface area contributed by atoms with Gasteiger partial charge >= 0.3 is 5.69 Å². The number of benzene rings is 2.